The molecule has 0 spiro atoms. The maximum atomic E-state index is 12.7. The Morgan fingerprint density at radius 3 is 2.23 bits per heavy atom. The highest BCUT2D eigenvalue weighted by Crippen LogP contribution is 2.32. The van der Waals surface area contributed by atoms with Crippen LogP contribution in [0.5, 0.6) is 5.75 Å². The molecule has 0 aliphatic carbocycles. The zero-order valence-electron chi connectivity index (χ0n) is 18.2. The van der Waals surface area contributed by atoms with Gasteiger partial charge in [-0.15, -0.1) is 0 Å². The van der Waals surface area contributed by atoms with Gasteiger partial charge in [-0.1, -0.05) is 29.8 Å². The van der Waals surface area contributed by atoms with Crippen molar-refractivity contribution in [3.8, 4) is 5.75 Å². The number of halogens is 1. The van der Waals surface area contributed by atoms with Gasteiger partial charge < -0.3 is 10.1 Å². The number of ether oxygens (including phenoxy) is 1. The number of carbonyl (C=O) groups excluding carboxylic acids is 1. The molecule has 0 aliphatic rings. The molecule has 30 heavy (non-hydrogen) atoms. The van der Waals surface area contributed by atoms with Crippen LogP contribution in [0.15, 0.2) is 40.9 Å². The average Bonchev–Trinajstić information content (AvgIpc) is 2.65. The van der Waals surface area contributed by atoms with Crippen molar-refractivity contribution in [2.24, 2.45) is 0 Å². The molecule has 0 heterocycles. The van der Waals surface area contributed by atoms with E-state index in [1.807, 2.05) is 26.0 Å². The number of aryl methyl sites for hydroxylation is 1. The van der Waals surface area contributed by atoms with Gasteiger partial charge in [-0.3, -0.25) is 9.10 Å². The van der Waals surface area contributed by atoms with Gasteiger partial charge in [-0.05, 0) is 72.9 Å². The number of carbonyl (C=O) groups is 1. The summed E-state index contributed by atoms with van der Waals surface area (Å²) in [5, 5.41) is 2.93. The maximum Gasteiger partial charge on any atom is 0.241 e. The zero-order chi connectivity index (χ0) is 22.6. The van der Waals surface area contributed by atoms with Crippen molar-refractivity contribution < 1.29 is 17.9 Å². The number of hydrogen-bond acceptors (Lipinski definition) is 4. The van der Waals surface area contributed by atoms with Gasteiger partial charge in [0.05, 0.1) is 25.1 Å². The Labute approximate surface area is 187 Å². The highest BCUT2D eigenvalue weighted by molar-refractivity contribution is 9.10. The van der Waals surface area contributed by atoms with Crippen LogP contribution in [-0.2, 0) is 14.8 Å². The molecule has 1 atom stereocenters. The van der Waals surface area contributed by atoms with Crippen molar-refractivity contribution in [3.05, 3.63) is 57.6 Å². The smallest absolute Gasteiger partial charge is 0.241 e. The topological polar surface area (TPSA) is 75.7 Å². The SMILES string of the molecule is COc1cc(C)c([C@H](C)NC(=O)CN(c2ccc(Br)cc2)S(C)(=O)=O)cc1C(C)C. The quantitative estimate of drug-likeness (QED) is 0.582. The lowest BCUT2D eigenvalue weighted by molar-refractivity contribution is -0.120. The molecule has 1 amide bonds. The molecule has 6 nitrogen and oxygen atoms in total. The van der Waals surface area contributed by atoms with Crippen LogP contribution in [0.3, 0.4) is 0 Å². The summed E-state index contributed by atoms with van der Waals surface area (Å²) in [6.45, 7) is 7.73. The van der Waals surface area contributed by atoms with Gasteiger partial charge in [-0.2, -0.15) is 0 Å². The number of hydrogen-bond donors (Lipinski definition) is 1. The van der Waals surface area contributed by atoms with Crippen molar-refractivity contribution in [3.63, 3.8) is 0 Å². The minimum Gasteiger partial charge on any atom is -0.496 e. The second kappa shape index (κ2) is 9.83. The fourth-order valence-electron chi connectivity index (χ4n) is 3.31. The number of anilines is 1. The lowest BCUT2D eigenvalue weighted by Gasteiger charge is -2.24. The fourth-order valence-corrected chi connectivity index (χ4v) is 4.43. The number of rotatable bonds is 8. The van der Waals surface area contributed by atoms with E-state index in [1.54, 1.807) is 31.4 Å². The van der Waals surface area contributed by atoms with Crippen LogP contribution < -0.4 is 14.4 Å². The van der Waals surface area contributed by atoms with Crippen LogP contribution in [0.25, 0.3) is 0 Å². The molecule has 0 fully saturated rings. The van der Waals surface area contributed by atoms with Crippen molar-refractivity contribution in [1.29, 1.82) is 0 Å². The second-order valence-electron chi connectivity index (χ2n) is 7.64. The Morgan fingerprint density at radius 2 is 1.73 bits per heavy atom. The van der Waals surface area contributed by atoms with Crippen molar-refractivity contribution in [1.82, 2.24) is 5.32 Å². The maximum absolute atomic E-state index is 12.7. The number of nitrogens with zero attached hydrogens (tertiary/aromatic N) is 1. The van der Waals surface area contributed by atoms with Crippen LogP contribution in [0, 0.1) is 6.92 Å². The average molecular weight is 497 g/mol. The third kappa shape index (κ3) is 5.98. The fraction of sp³-hybridized carbons (Fsp3) is 0.409. The molecule has 0 aromatic heterocycles. The molecule has 0 saturated heterocycles. The highest BCUT2D eigenvalue weighted by atomic mass is 79.9. The third-order valence-electron chi connectivity index (χ3n) is 4.89. The van der Waals surface area contributed by atoms with E-state index in [-0.39, 0.29) is 24.4 Å². The van der Waals surface area contributed by atoms with Crippen LogP contribution in [0.2, 0.25) is 0 Å². The van der Waals surface area contributed by atoms with Crippen molar-refractivity contribution in [2.75, 3.05) is 24.2 Å². The van der Waals surface area contributed by atoms with E-state index >= 15 is 0 Å². The lowest BCUT2D eigenvalue weighted by Crippen LogP contribution is -2.41. The summed E-state index contributed by atoms with van der Waals surface area (Å²) in [6, 6.07) is 10.5. The molecule has 8 heteroatoms. The molecule has 164 valence electrons. The standard InChI is InChI=1S/C22H29BrN2O4S/c1-14(2)19-12-20(15(3)11-21(19)29-5)16(4)24-22(26)13-25(30(6,27)28)18-9-7-17(23)8-10-18/h7-12,14,16H,13H2,1-6H3,(H,24,26)/t16-/m0/s1. The number of amides is 1. The Hall–Kier alpha value is -2.06. The number of sulfonamides is 1. The molecule has 0 saturated carbocycles. The summed E-state index contributed by atoms with van der Waals surface area (Å²) in [6.07, 6.45) is 1.09. The van der Waals surface area contributed by atoms with Crippen LogP contribution >= 0.6 is 15.9 Å². The first-order valence-electron chi connectivity index (χ1n) is 9.65. The van der Waals surface area contributed by atoms with E-state index in [1.165, 1.54) is 0 Å². The van der Waals surface area contributed by atoms with Gasteiger partial charge in [0.1, 0.15) is 12.3 Å². The summed E-state index contributed by atoms with van der Waals surface area (Å²) in [5.74, 6) is 0.709. The Balaban J connectivity index is 2.24. The molecule has 0 radical (unpaired) electrons. The summed E-state index contributed by atoms with van der Waals surface area (Å²) in [5.41, 5.74) is 3.47. The van der Waals surface area contributed by atoms with Gasteiger partial charge in [-0.25, -0.2) is 8.42 Å². The number of benzene rings is 2. The van der Waals surface area contributed by atoms with Gasteiger partial charge in [0.2, 0.25) is 15.9 Å². The third-order valence-corrected chi connectivity index (χ3v) is 6.56. The number of methoxy groups -OCH3 is 1. The Bertz CT molecular complexity index is 1000. The minimum atomic E-state index is -3.62. The predicted molar refractivity (Wildman–Crippen MR) is 125 cm³/mol. The second-order valence-corrected chi connectivity index (χ2v) is 10.5. The first-order valence-corrected chi connectivity index (χ1v) is 12.3. The monoisotopic (exact) mass is 496 g/mol. The van der Waals surface area contributed by atoms with Gasteiger partial charge in [0, 0.05) is 4.47 Å². The van der Waals surface area contributed by atoms with Crippen molar-refractivity contribution >= 4 is 37.5 Å². The molecule has 0 bridgehead atoms. The normalized spacial score (nSPS) is 12.5. The van der Waals surface area contributed by atoms with Gasteiger partial charge in [0.25, 0.3) is 0 Å². The molecule has 1 N–H and O–H groups in total. The largest absolute Gasteiger partial charge is 0.496 e. The van der Waals surface area contributed by atoms with Crippen LogP contribution in [0.4, 0.5) is 5.69 Å². The predicted octanol–water partition coefficient (Wildman–Crippen LogP) is 4.53. The summed E-state index contributed by atoms with van der Waals surface area (Å²) in [4.78, 5) is 12.7. The van der Waals surface area contributed by atoms with Crippen molar-refractivity contribution in [2.45, 2.75) is 39.7 Å². The van der Waals surface area contributed by atoms with E-state index in [0.29, 0.717) is 5.69 Å². The Kier molecular flexibility index (Phi) is 7.93. The summed E-state index contributed by atoms with van der Waals surface area (Å²) >= 11 is 3.33. The van der Waals surface area contributed by atoms with Crippen LogP contribution in [-0.4, -0.2) is 34.2 Å². The zero-order valence-corrected chi connectivity index (χ0v) is 20.6. The molecule has 2 aromatic rings. The summed E-state index contributed by atoms with van der Waals surface area (Å²) < 4.78 is 32.0. The van der Waals surface area contributed by atoms with Gasteiger partial charge >= 0.3 is 0 Å². The first-order chi connectivity index (χ1) is 13.9. The van der Waals surface area contributed by atoms with E-state index in [4.69, 9.17) is 4.74 Å². The molecular weight excluding hydrogens is 468 g/mol. The highest BCUT2D eigenvalue weighted by Gasteiger charge is 2.23. The van der Waals surface area contributed by atoms with E-state index in [2.05, 4.69) is 35.1 Å². The molecule has 0 aliphatic heterocycles. The summed E-state index contributed by atoms with van der Waals surface area (Å²) in [7, 11) is -1.97. The van der Waals surface area contributed by atoms with E-state index in [0.717, 1.165) is 37.5 Å². The molecular formula is C22H29BrN2O4S. The van der Waals surface area contributed by atoms with E-state index in [9.17, 15) is 13.2 Å². The Morgan fingerprint density at radius 1 is 1.13 bits per heavy atom. The minimum absolute atomic E-state index is 0.264. The molecule has 2 aromatic carbocycles. The molecule has 0 unspecified atom stereocenters. The lowest BCUT2D eigenvalue weighted by atomic mass is 9.93. The van der Waals surface area contributed by atoms with Crippen LogP contribution in [0.1, 0.15) is 49.4 Å². The van der Waals surface area contributed by atoms with Gasteiger partial charge in [0.15, 0.2) is 0 Å². The van der Waals surface area contributed by atoms with E-state index < -0.39 is 10.0 Å². The first kappa shape index (κ1) is 24.2. The number of nitrogens with one attached hydrogen (secondary N) is 1. The molecule has 2 rings (SSSR count).